The second-order valence-electron chi connectivity index (χ2n) is 5.10. The molecule has 0 aromatic heterocycles. The summed E-state index contributed by atoms with van der Waals surface area (Å²) in [7, 11) is 0. The normalized spacial score (nSPS) is 11.4. The predicted octanol–water partition coefficient (Wildman–Crippen LogP) is 3.39. The third-order valence-corrected chi connectivity index (χ3v) is 3.21. The predicted molar refractivity (Wildman–Crippen MR) is 73.0 cm³/mol. The first-order chi connectivity index (χ1) is 8.49. The number of nitrogens with one attached hydrogen (secondary N) is 1. The molecule has 0 aliphatic rings. The van der Waals surface area contributed by atoms with Gasteiger partial charge in [-0.05, 0) is 16.3 Å². The van der Waals surface area contributed by atoms with Crippen molar-refractivity contribution in [1.29, 1.82) is 0 Å². The van der Waals surface area contributed by atoms with E-state index in [0.29, 0.717) is 6.54 Å². The molecule has 0 fully saturated rings. The topological polar surface area (TPSA) is 49.3 Å². The molecule has 0 aliphatic heterocycles. The molecule has 3 heteroatoms. The first-order valence-corrected chi connectivity index (χ1v) is 5.95. The molecule has 94 valence electrons. The summed E-state index contributed by atoms with van der Waals surface area (Å²) in [5.74, 6) is 0. The fourth-order valence-electron chi connectivity index (χ4n) is 2.01. The van der Waals surface area contributed by atoms with Gasteiger partial charge in [0.2, 0.25) is 0 Å². The largest absolute Gasteiger partial charge is 0.465 e. The van der Waals surface area contributed by atoms with Gasteiger partial charge >= 0.3 is 6.09 Å². The Hall–Kier alpha value is -2.03. The van der Waals surface area contributed by atoms with E-state index in [1.54, 1.807) is 0 Å². The zero-order chi connectivity index (χ0) is 13.2. The average Bonchev–Trinajstić information content (AvgIpc) is 2.36. The van der Waals surface area contributed by atoms with E-state index in [-0.39, 0.29) is 5.41 Å². The van der Waals surface area contributed by atoms with Crippen LogP contribution in [0.5, 0.6) is 0 Å². The van der Waals surface area contributed by atoms with Crippen LogP contribution in [0.15, 0.2) is 42.5 Å². The summed E-state index contributed by atoms with van der Waals surface area (Å²) in [4.78, 5) is 10.6. The second-order valence-corrected chi connectivity index (χ2v) is 5.10. The van der Waals surface area contributed by atoms with E-state index < -0.39 is 6.09 Å². The molecule has 2 N–H and O–H groups in total. The molecule has 0 spiro atoms. The van der Waals surface area contributed by atoms with Gasteiger partial charge in [0.25, 0.3) is 0 Å². The van der Waals surface area contributed by atoms with Crippen molar-refractivity contribution in [2.24, 2.45) is 0 Å². The minimum Gasteiger partial charge on any atom is -0.465 e. The highest BCUT2D eigenvalue weighted by Crippen LogP contribution is 2.26. The summed E-state index contributed by atoms with van der Waals surface area (Å²) in [6.45, 7) is 4.47. The van der Waals surface area contributed by atoms with E-state index in [1.807, 2.05) is 26.0 Å². The van der Waals surface area contributed by atoms with Gasteiger partial charge in [0.05, 0.1) is 0 Å². The summed E-state index contributed by atoms with van der Waals surface area (Å²) in [6.07, 6.45) is -0.983. The van der Waals surface area contributed by atoms with Crippen molar-refractivity contribution < 1.29 is 9.90 Å². The van der Waals surface area contributed by atoms with Crippen LogP contribution in [0, 0.1) is 0 Å². The number of amides is 1. The van der Waals surface area contributed by atoms with Gasteiger partial charge in [0.15, 0.2) is 0 Å². The lowest BCUT2D eigenvalue weighted by Gasteiger charge is -2.25. The number of hydrogen-bond acceptors (Lipinski definition) is 1. The maximum atomic E-state index is 10.6. The van der Waals surface area contributed by atoms with Crippen LogP contribution in [-0.2, 0) is 5.41 Å². The van der Waals surface area contributed by atoms with Crippen LogP contribution >= 0.6 is 0 Å². The van der Waals surface area contributed by atoms with Gasteiger partial charge in [-0.2, -0.15) is 0 Å². The Bertz CT molecular complexity index is 575. The van der Waals surface area contributed by atoms with E-state index in [9.17, 15) is 4.79 Å². The highest BCUT2D eigenvalue weighted by molar-refractivity contribution is 5.83. The van der Waals surface area contributed by atoms with Crippen LogP contribution in [0.1, 0.15) is 19.4 Å². The van der Waals surface area contributed by atoms with Gasteiger partial charge in [-0.15, -0.1) is 0 Å². The Morgan fingerprint density at radius 1 is 1.17 bits per heavy atom. The van der Waals surface area contributed by atoms with Crippen molar-refractivity contribution in [3.63, 3.8) is 0 Å². The van der Waals surface area contributed by atoms with E-state index in [4.69, 9.17) is 5.11 Å². The van der Waals surface area contributed by atoms with E-state index in [1.165, 1.54) is 10.8 Å². The maximum Gasteiger partial charge on any atom is 0.404 e. The lowest BCUT2D eigenvalue weighted by Crippen LogP contribution is -2.35. The van der Waals surface area contributed by atoms with Crippen LogP contribution < -0.4 is 5.32 Å². The summed E-state index contributed by atoms with van der Waals surface area (Å²) in [5, 5.41) is 13.5. The average molecular weight is 243 g/mol. The monoisotopic (exact) mass is 243 g/mol. The third kappa shape index (κ3) is 2.62. The van der Waals surface area contributed by atoms with Gasteiger partial charge in [-0.25, -0.2) is 4.79 Å². The summed E-state index contributed by atoms with van der Waals surface area (Å²) in [5.41, 5.74) is 0.914. The molecule has 0 bridgehead atoms. The fraction of sp³-hybridized carbons (Fsp3) is 0.267. The minimum absolute atomic E-state index is 0.220. The number of hydrogen-bond donors (Lipinski definition) is 2. The van der Waals surface area contributed by atoms with Crippen molar-refractivity contribution in [3.8, 4) is 0 Å². The Morgan fingerprint density at radius 3 is 2.50 bits per heavy atom. The SMILES string of the molecule is CC(C)(CNC(=O)O)c1ccc2ccccc2c1. The van der Waals surface area contributed by atoms with Gasteiger partial charge < -0.3 is 10.4 Å². The fourth-order valence-corrected chi connectivity index (χ4v) is 2.01. The van der Waals surface area contributed by atoms with E-state index >= 15 is 0 Å². The Morgan fingerprint density at radius 2 is 1.83 bits per heavy atom. The standard InChI is InChI=1S/C15H17NO2/c1-15(2,10-16-14(17)18)13-8-7-11-5-3-4-6-12(11)9-13/h3-9,16H,10H2,1-2H3,(H,17,18). The number of rotatable bonds is 3. The van der Waals surface area contributed by atoms with Crippen molar-refractivity contribution in [2.75, 3.05) is 6.54 Å². The molecule has 2 aromatic rings. The first kappa shape index (κ1) is 12.4. The number of carbonyl (C=O) groups is 1. The van der Waals surface area contributed by atoms with E-state index in [0.717, 1.165) is 5.56 Å². The van der Waals surface area contributed by atoms with Crippen molar-refractivity contribution in [2.45, 2.75) is 19.3 Å². The van der Waals surface area contributed by atoms with Crippen molar-refractivity contribution in [1.82, 2.24) is 5.32 Å². The summed E-state index contributed by atoms with van der Waals surface area (Å²) in [6, 6.07) is 14.4. The number of fused-ring (bicyclic) bond motifs is 1. The highest BCUT2D eigenvalue weighted by Gasteiger charge is 2.21. The maximum absolute atomic E-state index is 10.6. The van der Waals surface area contributed by atoms with Crippen molar-refractivity contribution in [3.05, 3.63) is 48.0 Å². The van der Waals surface area contributed by atoms with Crippen LogP contribution in [0.3, 0.4) is 0 Å². The smallest absolute Gasteiger partial charge is 0.404 e. The molecule has 0 radical (unpaired) electrons. The number of carboxylic acid groups (broad SMARTS) is 1. The molecule has 3 nitrogen and oxygen atoms in total. The number of benzene rings is 2. The van der Waals surface area contributed by atoms with Crippen LogP contribution in [0.4, 0.5) is 4.79 Å². The van der Waals surface area contributed by atoms with Gasteiger partial charge in [0, 0.05) is 12.0 Å². The Labute approximate surface area is 106 Å². The second kappa shape index (κ2) is 4.69. The highest BCUT2D eigenvalue weighted by atomic mass is 16.4. The lowest BCUT2D eigenvalue weighted by atomic mass is 9.83. The molecule has 0 saturated heterocycles. The molecule has 2 aromatic carbocycles. The molecule has 2 rings (SSSR count). The molecule has 0 heterocycles. The molecule has 0 atom stereocenters. The molecular formula is C15H17NO2. The van der Waals surface area contributed by atoms with Gasteiger partial charge in [0.1, 0.15) is 0 Å². The van der Waals surface area contributed by atoms with Crippen molar-refractivity contribution >= 4 is 16.9 Å². The molecule has 1 amide bonds. The summed E-state index contributed by atoms with van der Waals surface area (Å²) < 4.78 is 0. The molecule has 0 aliphatic carbocycles. The van der Waals surface area contributed by atoms with Crippen LogP contribution in [0.25, 0.3) is 10.8 Å². The lowest BCUT2D eigenvalue weighted by molar-refractivity contribution is 0.192. The van der Waals surface area contributed by atoms with Crippen LogP contribution in [0.2, 0.25) is 0 Å². The molecule has 0 saturated carbocycles. The molecule has 18 heavy (non-hydrogen) atoms. The quantitative estimate of drug-likeness (QED) is 0.868. The van der Waals surface area contributed by atoms with Gasteiger partial charge in [-0.1, -0.05) is 56.3 Å². The first-order valence-electron chi connectivity index (χ1n) is 5.95. The zero-order valence-corrected chi connectivity index (χ0v) is 10.6. The molecular weight excluding hydrogens is 226 g/mol. The Balaban J connectivity index is 2.32. The van der Waals surface area contributed by atoms with Gasteiger partial charge in [-0.3, -0.25) is 0 Å². The van der Waals surface area contributed by atoms with E-state index in [2.05, 4.69) is 35.6 Å². The van der Waals surface area contributed by atoms with Crippen LogP contribution in [-0.4, -0.2) is 17.7 Å². The molecule has 0 unspecified atom stereocenters. The summed E-state index contributed by atoms with van der Waals surface area (Å²) >= 11 is 0. The third-order valence-electron chi connectivity index (χ3n) is 3.21. The minimum atomic E-state index is -0.983. The Kier molecular flexibility index (Phi) is 3.24. The zero-order valence-electron chi connectivity index (χ0n) is 10.6.